The Hall–Kier alpha value is -1.53. The Kier molecular flexibility index (Phi) is 4.22. The van der Waals surface area contributed by atoms with Crippen LogP contribution in [0.5, 0.6) is 0 Å². The third-order valence-electron chi connectivity index (χ3n) is 2.38. The first kappa shape index (κ1) is 12.9. The lowest BCUT2D eigenvalue weighted by molar-refractivity contribution is 0.0949. The zero-order valence-electron chi connectivity index (χ0n) is 9.68. The Balaban J connectivity index is 2.01. The molecule has 0 aliphatic heterocycles. The van der Waals surface area contributed by atoms with E-state index in [1.165, 1.54) is 0 Å². The zero-order chi connectivity index (χ0) is 13.0. The van der Waals surface area contributed by atoms with E-state index in [9.17, 15) is 4.79 Å². The molecule has 0 aromatic carbocycles. The maximum atomic E-state index is 11.7. The highest BCUT2D eigenvalue weighted by Gasteiger charge is 2.12. The number of halogens is 1. The van der Waals surface area contributed by atoms with E-state index < -0.39 is 0 Å². The van der Waals surface area contributed by atoms with Gasteiger partial charge in [0.1, 0.15) is 0 Å². The largest absolute Gasteiger partial charge is 0.344 e. The molecule has 7 heteroatoms. The Morgan fingerprint density at radius 2 is 2.33 bits per heavy atom. The summed E-state index contributed by atoms with van der Waals surface area (Å²) < 4.78 is 0.257. The van der Waals surface area contributed by atoms with Crippen molar-refractivity contribution in [1.29, 1.82) is 0 Å². The highest BCUT2D eigenvalue weighted by atomic mass is 35.5. The van der Waals surface area contributed by atoms with Gasteiger partial charge in [-0.15, -0.1) is 10.2 Å². The Morgan fingerprint density at radius 3 is 3.00 bits per heavy atom. The minimum Gasteiger partial charge on any atom is -0.344 e. The van der Waals surface area contributed by atoms with E-state index in [4.69, 9.17) is 11.6 Å². The van der Waals surface area contributed by atoms with E-state index in [1.54, 1.807) is 6.20 Å². The standard InChI is InChI=1S/C11H11ClN4OS/c1-2-7-4-3-5-13-8(7)6-14-9(17)10-15-16-11(12)18-10/h3-5H,2,6H2,1H3,(H,14,17). The van der Waals surface area contributed by atoms with E-state index in [2.05, 4.69) is 20.5 Å². The van der Waals surface area contributed by atoms with Crippen molar-refractivity contribution in [2.24, 2.45) is 0 Å². The number of carbonyl (C=O) groups excluding carboxylic acids is 1. The predicted octanol–water partition coefficient (Wildman–Crippen LogP) is 2.08. The Labute approximate surface area is 113 Å². The second kappa shape index (κ2) is 5.88. The van der Waals surface area contributed by atoms with Crippen LogP contribution in [0.3, 0.4) is 0 Å². The van der Waals surface area contributed by atoms with Crippen molar-refractivity contribution in [3.63, 3.8) is 0 Å². The summed E-state index contributed by atoms with van der Waals surface area (Å²) in [6.45, 7) is 2.42. The molecule has 0 aliphatic rings. The van der Waals surface area contributed by atoms with Crippen LogP contribution >= 0.6 is 22.9 Å². The molecule has 0 fully saturated rings. The lowest BCUT2D eigenvalue weighted by Gasteiger charge is -2.06. The number of hydrogen-bond donors (Lipinski definition) is 1. The molecule has 0 spiro atoms. The molecule has 2 rings (SSSR count). The molecule has 0 saturated heterocycles. The summed E-state index contributed by atoms with van der Waals surface area (Å²) in [4.78, 5) is 16.0. The van der Waals surface area contributed by atoms with Gasteiger partial charge in [-0.1, -0.05) is 24.3 Å². The number of aryl methyl sites for hydroxylation is 1. The average molecular weight is 283 g/mol. The number of hydrogen-bond acceptors (Lipinski definition) is 5. The van der Waals surface area contributed by atoms with Crippen LogP contribution in [0.1, 0.15) is 28.0 Å². The lowest BCUT2D eigenvalue weighted by atomic mass is 10.1. The van der Waals surface area contributed by atoms with Gasteiger partial charge in [0.25, 0.3) is 5.91 Å². The maximum Gasteiger partial charge on any atom is 0.282 e. The number of pyridine rings is 1. The quantitative estimate of drug-likeness (QED) is 0.932. The number of carbonyl (C=O) groups is 1. The van der Waals surface area contributed by atoms with Gasteiger partial charge in [-0.3, -0.25) is 9.78 Å². The van der Waals surface area contributed by atoms with Gasteiger partial charge in [-0.25, -0.2) is 0 Å². The van der Waals surface area contributed by atoms with Crippen LogP contribution in [0.4, 0.5) is 0 Å². The smallest absolute Gasteiger partial charge is 0.282 e. The summed E-state index contributed by atoms with van der Waals surface area (Å²) in [5.74, 6) is -0.285. The van der Waals surface area contributed by atoms with Gasteiger partial charge in [0.15, 0.2) is 0 Å². The molecule has 5 nitrogen and oxygen atoms in total. The fraction of sp³-hybridized carbons (Fsp3) is 0.273. The number of aromatic nitrogens is 3. The van der Waals surface area contributed by atoms with E-state index in [1.807, 2.05) is 19.1 Å². The van der Waals surface area contributed by atoms with Gasteiger partial charge in [0.05, 0.1) is 12.2 Å². The average Bonchev–Trinajstić information content (AvgIpc) is 2.83. The monoisotopic (exact) mass is 282 g/mol. The van der Waals surface area contributed by atoms with Crippen molar-refractivity contribution in [3.8, 4) is 0 Å². The Morgan fingerprint density at radius 1 is 1.50 bits per heavy atom. The van der Waals surface area contributed by atoms with Crippen molar-refractivity contribution in [2.45, 2.75) is 19.9 Å². The third-order valence-corrected chi connectivity index (χ3v) is 3.39. The number of rotatable bonds is 4. The highest BCUT2D eigenvalue weighted by molar-refractivity contribution is 7.17. The molecule has 0 aliphatic carbocycles. The molecule has 2 aromatic rings. The molecule has 0 unspecified atom stereocenters. The van der Waals surface area contributed by atoms with Gasteiger partial charge in [0.2, 0.25) is 9.47 Å². The molecule has 1 N–H and O–H groups in total. The Bertz CT molecular complexity index is 557. The minimum absolute atomic E-state index is 0.257. The third kappa shape index (κ3) is 3.02. The second-order valence-electron chi connectivity index (χ2n) is 3.51. The summed E-state index contributed by atoms with van der Waals surface area (Å²) in [6, 6.07) is 3.88. The van der Waals surface area contributed by atoms with Gasteiger partial charge in [-0.05, 0) is 29.7 Å². The number of nitrogens with one attached hydrogen (secondary N) is 1. The van der Waals surface area contributed by atoms with E-state index in [0.717, 1.165) is 29.0 Å². The van der Waals surface area contributed by atoms with Gasteiger partial charge >= 0.3 is 0 Å². The summed E-state index contributed by atoms with van der Waals surface area (Å²) in [6.07, 6.45) is 2.59. The maximum absolute atomic E-state index is 11.7. The van der Waals surface area contributed by atoms with Gasteiger partial charge in [0, 0.05) is 6.20 Å². The molecule has 18 heavy (non-hydrogen) atoms. The molecule has 0 saturated carbocycles. The molecule has 0 bridgehead atoms. The van der Waals surface area contributed by atoms with Crippen molar-refractivity contribution in [2.75, 3.05) is 0 Å². The zero-order valence-corrected chi connectivity index (χ0v) is 11.3. The van der Waals surface area contributed by atoms with Crippen molar-refractivity contribution >= 4 is 28.8 Å². The molecule has 0 atom stereocenters. The summed E-state index contributed by atoms with van der Waals surface area (Å²) in [7, 11) is 0. The first-order chi connectivity index (χ1) is 8.70. The SMILES string of the molecule is CCc1cccnc1CNC(=O)c1nnc(Cl)s1. The van der Waals surface area contributed by atoms with E-state index >= 15 is 0 Å². The molecular formula is C11H11ClN4OS. The highest BCUT2D eigenvalue weighted by Crippen LogP contribution is 2.14. The molecule has 0 radical (unpaired) electrons. The molecule has 94 valence electrons. The van der Waals surface area contributed by atoms with Crippen LogP contribution in [-0.4, -0.2) is 21.1 Å². The van der Waals surface area contributed by atoms with Crippen LogP contribution in [-0.2, 0) is 13.0 Å². The van der Waals surface area contributed by atoms with Crippen LogP contribution < -0.4 is 5.32 Å². The van der Waals surface area contributed by atoms with Crippen molar-refractivity contribution in [1.82, 2.24) is 20.5 Å². The number of nitrogens with zero attached hydrogens (tertiary/aromatic N) is 3. The first-order valence-corrected chi connectivity index (χ1v) is 6.60. The fourth-order valence-corrected chi connectivity index (χ4v) is 2.23. The summed E-state index contributed by atoms with van der Waals surface area (Å²) in [5, 5.41) is 10.3. The van der Waals surface area contributed by atoms with Crippen LogP contribution in [0.2, 0.25) is 4.47 Å². The normalized spacial score (nSPS) is 10.3. The second-order valence-corrected chi connectivity index (χ2v) is 5.07. The van der Waals surface area contributed by atoms with Gasteiger partial charge < -0.3 is 5.32 Å². The van der Waals surface area contributed by atoms with Gasteiger partial charge in [-0.2, -0.15) is 0 Å². The first-order valence-electron chi connectivity index (χ1n) is 5.40. The fourth-order valence-electron chi connectivity index (χ4n) is 1.49. The summed E-state index contributed by atoms with van der Waals surface area (Å²) >= 11 is 6.67. The molecular weight excluding hydrogens is 272 g/mol. The van der Waals surface area contributed by atoms with Crippen molar-refractivity contribution < 1.29 is 4.79 Å². The van der Waals surface area contributed by atoms with E-state index in [-0.39, 0.29) is 15.4 Å². The number of amides is 1. The molecule has 2 heterocycles. The topological polar surface area (TPSA) is 67.8 Å². The molecule has 2 aromatic heterocycles. The van der Waals surface area contributed by atoms with E-state index in [0.29, 0.717) is 6.54 Å². The minimum atomic E-state index is -0.285. The lowest BCUT2D eigenvalue weighted by Crippen LogP contribution is -2.23. The molecule has 1 amide bonds. The predicted molar refractivity (Wildman–Crippen MR) is 69.7 cm³/mol. The van der Waals surface area contributed by atoms with Crippen molar-refractivity contribution in [3.05, 3.63) is 39.1 Å². The van der Waals surface area contributed by atoms with Crippen LogP contribution in [0, 0.1) is 0 Å². The van der Waals surface area contributed by atoms with Crippen LogP contribution in [0.15, 0.2) is 18.3 Å². The summed E-state index contributed by atoms with van der Waals surface area (Å²) in [5.41, 5.74) is 1.98. The van der Waals surface area contributed by atoms with Crippen LogP contribution in [0.25, 0.3) is 0 Å².